The van der Waals surface area contributed by atoms with E-state index in [1.165, 1.54) is 23.5 Å². The number of carbonyl (C=O) groups excluding carboxylic acids is 5. The van der Waals surface area contributed by atoms with Gasteiger partial charge in [0.1, 0.15) is 17.9 Å². The molecule has 6 rings (SSSR count). The molecule has 3 atom stereocenters. The minimum atomic E-state index is -0.983. The van der Waals surface area contributed by atoms with E-state index in [-0.39, 0.29) is 80.6 Å². The molecule has 16 nitrogen and oxygen atoms in total. The molecule has 1 fully saturated rings. The van der Waals surface area contributed by atoms with Crippen LogP contribution in [0.3, 0.4) is 0 Å². The molecule has 9 N–H and O–H groups in total. The average Bonchev–Trinajstić information content (AvgIpc) is 3.87. The number of aliphatic hydroxyl groups is 1. The smallest absolute Gasteiger partial charge is 0.246 e. The lowest BCUT2D eigenvalue weighted by atomic mass is 9.85. The van der Waals surface area contributed by atoms with Crippen LogP contribution in [-0.4, -0.2) is 85.8 Å². The molecule has 338 valence electrons. The number of hydrogen-bond acceptors (Lipinski definition) is 12. The molecular weight excluding hydrogens is 840 g/mol. The molecule has 4 heterocycles. The number of anilines is 3. The summed E-state index contributed by atoms with van der Waals surface area (Å²) >= 11 is 1.56. The Kier molecular flexibility index (Phi) is 14.9. The van der Waals surface area contributed by atoms with Crippen molar-refractivity contribution in [3.8, 4) is 21.6 Å². The Morgan fingerprint density at radius 3 is 2.34 bits per heavy atom. The van der Waals surface area contributed by atoms with Crippen molar-refractivity contribution >= 4 is 68.8 Å². The first-order valence-electron chi connectivity index (χ1n) is 21.1. The first-order valence-corrected chi connectivity index (χ1v) is 22.0. The summed E-state index contributed by atoms with van der Waals surface area (Å²) in [7, 11) is 0. The highest BCUT2D eigenvalue weighted by molar-refractivity contribution is 7.13. The number of aryl methyl sites for hydroxylation is 1. The summed E-state index contributed by atoms with van der Waals surface area (Å²) in [5, 5.41) is 22.7. The number of nitrogens with zero attached hydrogens (tertiary/aromatic N) is 4. The highest BCUT2D eigenvalue weighted by atomic mass is 32.1. The van der Waals surface area contributed by atoms with Crippen molar-refractivity contribution in [1.29, 1.82) is 0 Å². The van der Waals surface area contributed by atoms with E-state index in [0.29, 0.717) is 34.0 Å². The van der Waals surface area contributed by atoms with E-state index in [2.05, 4.69) is 36.2 Å². The lowest BCUT2D eigenvalue weighted by molar-refractivity contribution is -0.144. The molecule has 64 heavy (non-hydrogen) atoms. The van der Waals surface area contributed by atoms with Crippen molar-refractivity contribution in [1.82, 2.24) is 35.8 Å². The van der Waals surface area contributed by atoms with Gasteiger partial charge in [0.2, 0.25) is 29.5 Å². The number of hydrogen-bond donors (Lipinski definition) is 7. The van der Waals surface area contributed by atoms with Crippen LogP contribution < -0.4 is 32.7 Å². The third-order valence-electron chi connectivity index (χ3n) is 11.2. The molecule has 5 amide bonds. The second-order valence-corrected chi connectivity index (χ2v) is 18.0. The molecule has 0 saturated carbocycles. The topological polar surface area (TPSA) is 248 Å². The maximum atomic E-state index is 15.3. The molecule has 2 aromatic carbocycles. The standard InChI is InChI=1S/C46H55FN10O6S/c1-25-32(20-50-22-34(25)48)31-16-29-17-36(52-21-33(29)41(49)40(31)47)55-38(60)9-6-8-37(59)51-15-7-10-39(61)56-43(46(3,4)5)45(63)57-23-30(58)18-35(57)44(62)53-19-27-11-13-28(14-12-27)42-26(2)54-24-64-42/h11-14,16-17,20-22,24,30,35,43,58H,6-10,15,18-19,23,48-49H2,1-5H3,(H,51,59)(H,53,62)(H,56,61)(H,52,55,60)/t30-,35+,43-/m1/s1. The summed E-state index contributed by atoms with van der Waals surface area (Å²) in [6.07, 6.45) is 4.20. The Bertz CT molecular complexity index is 2540. The number of pyridine rings is 2. The third-order valence-corrected chi connectivity index (χ3v) is 12.2. The Labute approximate surface area is 374 Å². The van der Waals surface area contributed by atoms with Crippen LogP contribution in [0.25, 0.3) is 32.3 Å². The van der Waals surface area contributed by atoms with Gasteiger partial charge < -0.3 is 42.7 Å². The zero-order valence-corrected chi connectivity index (χ0v) is 37.4. The summed E-state index contributed by atoms with van der Waals surface area (Å²) in [5.41, 5.74) is 17.7. The van der Waals surface area contributed by atoms with Crippen molar-refractivity contribution < 1.29 is 33.5 Å². The number of thiazole rings is 1. The Morgan fingerprint density at radius 2 is 1.64 bits per heavy atom. The van der Waals surface area contributed by atoms with Crippen LogP contribution in [0.5, 0.6) is 0 Å². The van der Waals surface area contributed by atoms with Crippen molar-refractivity contribution in [2.24, 2.45) is 5.41 Å². The van der Waals surface area contributed by atoms with Gasteiger partial charge in [0.25, 0.3) is 0 Å². The minimum Gasteiger partial charge on any atom is -0.397 e. The summed E-state index contributed by atoms with van der Waals surface area (Å²) in [4.78, 5) is 80.8. The number of halogens is 1. The first-order chi connectivity index (χ1) is 30.4. The SMILES string of the molecule is Cc1ncsc1-c1ccc(CNC(=O)[C@@H]2C[C@@H](O)CN2C(=O)[C@@H](NC(=O)CCCNC(=O)CCCC(=O)Nc2cc3cc(-c4cncc(N)c4C)c(F)c(N)c3cn2)C(C)(C)C)cc1. The van der Waals surface area contributed by atoms with Crippen molar-refractivity contribution in [3.05, 3.63) is 83.1 Å². The lowest BCUT2D eigenvalue weighted by Gasteiger charge is -2.35. The number of carbonyl (C=O) groups is 5. The second kappa shape index (κ2) is 20.3. The van der Waals surface area contributed by atoms with Gasteiger partial charge in [-0.15, -0.1) is 11.3 Å². The molecule has 18 heteroatoms. The van der Waals surface area contributed by atoms with E-state index in [1.807, 2.05) is 52.0 Å². The van der Waals surface area contributed by atoms with Crippen LogP contribution in [0.2, 0.25) is 0 Å². The van der Waals surface area contributed by atoms with Crippen LogP contribution in [-0.2, 0) is 30.5 Å². The van der Waals surface area contributed by atoms with Crippen LogP contribution in [0, 0.1) is 25.1 Å². The summed E-state index contributed by atoms with van der Waals surface area (Å²) in [6, 6.07) is 9.09. The summed E-state index contributed by atoms with van der Waals surface area (Å²) in [6.45, 7) is 9.52. The van der Waals surface area contributed by atoms with Gasteiger partial charge in [-0.05, 0) is 66.3 Å². The molecule has 0 unspecified atom stereocenters. The number of nitrogens with two attached hydrogens (primary N) is 2. The number of aromatic nitrogens is 3. The number of β-amino-alcohol motifs (C(OH)–C–C–N with tert-alkyl or cyclic N) is 1. The van der Waals surface area contributed by atoms with Crippen LogP contribution in [0.1, 0.15) is 76.1 Å². The van der Waals surface area contributed by atoms with Gasteiger partial charge in [0.15, 0.2) is 5.82 Å². The number of amides is 5. The van der Waals surface area contributed by atoms with Gasteiger partial charge in [-0.25, -0.2) is 14.4 Å². The van der Waals surface area contributed by atoms with E-state index in [4.69, 9.17) is 11.5 Å². The monoisotopic (exact) mass is 894 g/mol. The Morgan fingerprint density at radius 1 is 0.922 bits per heavy atom. The average molecular weight is 895 g/mol. The summed E-state index contributed by atoms with van der Waals surface area (Å²) in [5.74, 6) is -2.33. The molecule has 0 spiro atoms. The first kappa shape index (κ1) is 47.0. The fourth-order valence-corrected chi connectivity index (χ4v) is 8.38. The molecule has 0 aliphatic carbocycles. The highest BCUT2D eigenvalue weighted by Crippen LogP contribution is 2.36. The number of fused-ring (bicyclic) bond motifs is 1. The second-order valence-electron chi connectivity index (χ2n) is 17.1. The molecule has 1 aliphatic rings. The zero-order chi connectivity index (χ0) is 46.3. The molecule has 1 aliphatic heterocycles. The number of benzene rings is 2. The Balaban J connectivity index is 0.928. The number of nitrogens with one attached hydrogen (secondary N) is 4. The van der Waals surface area contributed by atoms with E-state index in [9.17, 15) is 29.1 Å². The number of aliphatic hydroxyl groups excluding tert-OH is 1. The van der Waals surface area contributed by atoms with Crippen LogP contribution >= 0.6 is 11.3 Å². The Hall–Kier alpha value is -6.53. The van der Waals surface area contributed by atoms with E-state index in [1.54, 1.807) is 35.9 Å². The number of likely N-dealkylation sites (tertiary alicyclic amines) is 1. The van der Waals surface area contributed by atoms with Crippen LogP contribution in [0.15, 0.2) is 60.5 Å². The molecule has 1 saturated heterocycles. The van der Waals surface area contributed by atoms with Gasteiger partial charge in [-0.2, -0.15) is 0 Å². The number of rotatable bonds is 16. The zero-order valence-electron chi connectivity index (χ0n) is 36.6. The van der Waals surface area contributed by atoms with Gasteiger partial charge in [0.05, 0.1) is 39.8 Å². The largest absolute Gasteiger partial charge is 0.397 e. The molecule has 0 radical (unpaired) electrons. The molecular formula is C46H55FN10O6S. The normalized spacial score (nSPS) is 15.5. The predicted molar refractivity (Wildman–Crippen MR) is 245 cm³/mol. The van der Waals surface area contributed by atoms with E-state index < -0.39 is 47.1 Å². The third kappa shape index (κ3) is 11.3. The van der Waals surface area contributed by atoms with Crippen LogP contribution in [0.4, 0.5) is 21.6 Å². The van der Waals surface area contributed by atoms with E-state index in [0.717, 1.165) is 21.7 Å². The molecule has 0 bridgehead atoms. The molecule has 5 aromatic rings. The maximum absolute atomic E-state index is 15.3. The number of nitrogen functional groups attached to an aromatic ring is 2. The van der Waals surface area contributed by atoms with Crippen molar-refractivity contribution in [2.45, 2.75) is 97.9 Å². The van der Waals surface area contributed by atoms with Gasteiger partial charge in [0, 0.05) is 74.2 Å². The molecule has 3 aromatic heterocycles. The lowest BCUT2D eigenvalue weighted by Crippen LogP contribution is -2.57. The maximum Gasteiger partial charge on any atom is 0.246 e. The van der Waals surface area contributed by atoms with Crippen molar-refractivity contribution in [2.75, 3.05) is 29.9 Å². The highest BCUT2D eigenvalue weighted by Gasteiger charge is 2.44. The predicted octanol–water partition coefficient (Wildman–Crippen LogP) is 5.15. The van der Waals surface area contributed by atoms with E-state index >= 15 is 4.39 Å². The van der Waals surface area contributed by atoms with Gasteiger partial charge >= 0.3 is 0 Å². The fraction of sp³-hybridized carbons (Fsp3) is 0.391. The fourth-order valence-electron chi connectivity index (χ4n) is 7.57. The quantitative estimate of drug-likeness (QED) is 0.0504. The summed E-state index contributed by atoms with van der Waals surface area (Å²) < 4.78 is 15.3. The van der Waals surface area contributed by atoms with Gasteiger partial charge in [-0.1, -0.05) is 45.0 Å². The minimum absolute atomic E-state index is 0.0187. The van der Waals surface area contributed by atoms with Crippen molar-refractivity contribution in [3.63, 3.8) is 0 Å². The van der Waals surface area contributed by atoms with Gasteiger partial charge in [-0.3, -0.25) is 29.0 Å².